The lowest BCUT2D eigenvalue weighted by molar-refractivity contribution is 0.659. The van der Waals surface area contributed by atoms with Crippen molar-refractivity contribution in [1.29, 1.82) is 0 Å². The summed E-state index contributed by atoms with van der Waals surface area (Å²) in [4.78, 5) is 28.9. The van der Waals surface area contributed by atoms with Crippen LogP contribution >= 0.6 is 23.6 Å². The first-order valence-corrected chi connectivity index (χ1v) is 7.17. The van der Waals surface area contributed by atoms with Crippen molar-refractivity contribution in [2.24, 2.45) is 5.73 Å². The number of aromatic amines is 1. The molecule has 0 atom stereocenters. The van der Waals surface area contributed by atoms with E-state index in [4.69, 9.17) is 18.0 Å². The molecule has 2 rings (SSSR count). The van der Waals surface area contributed by atoms with E-state index in [1.54, 1.807) is 0 Å². The van der Waals surface area contributed by atoms with Gasteiger partial charge in [0.25, 0.3) is 5.56 Å². The van der Waals surface area contributed by atoms with Gasteiger partial charge in [-0.15, -0.1) is 11.3 Å². The largest absolute Gasteiger partial charge is 0.393 e. The van der Waals surface area contributed by atoms with Gasteiger partial charge in [-0.1, -0.05) is 26.1 Å². The number of H-pyrrole nitrogens is 1. The molecule has 0 saturated heterocycles. The van der Waals surface area contributed by atoms with Crippen LogP contribution in [-0.2, 0) is 6.54 Å². The zero-order valence-electron chi connectivity index (χ0n) is 10.7. The van der Waals surface area contributed by atoms with E-state index in [0.29, 0.717) is 27.5 Å². The van der Waals surface area contributed by atoms with Crippen LogP contribution in [-0.4, -0.2) is 14.5 Å². The highest BCUT2D eigenvalue weighted by atomic mass is 32.1. The Kier molecular flexibility index (Phi) is 3.86. The molecule has 7 heteroatoms. The number of thiocarbonyl (C=S) groups is 1. The quantitative estimate of drug-likeness (QED) is 0.839. The predicted octanol–water partition coefficient (Wildman–Crippen LogP) is 1.55. The highest BCUT2D eigenvalue weighted by Gasteiger charge is 2.12. The van der Waals surface area contributed by atoms with Crippen molar-refractivity contribution in [2.45, 2.75) is 32.7 Å². The molecule has 3 N–H and O–H groups in total. The molecule has 0 unspecified atom stereocenters. The zero-order chi connectivity index (χ0) is 14.2. The second-order valence-electron chi connectivity index (χ2n) is 4.65. The number of hydrogen-bond donors (Lipinski definition) is 2. The van der Waals surface area contributed by atoms with Crippen molar-refractivity contribution in [3.05, 3.63) is 31.8 Å². The van der Waals surface area contributed by atoms with Crippen LogP contribution in [0.1, 0.15) is 31.1 Å². The SMILES string of the molecule is CC(C)c1cc2c(=O)n(CCC(N)=S)c(=O)[nH]c2s1. The molecule has 19 heavy (non-hydrogen) atoms. The van der Waals surface area contributed by atoms with Gasteiger partial charge in [0, 0.05) is 17.8 Å². The van der Waals surface area contributed by atoms with E-state index in [9.17, 15) is 9.59 Å². The Bertz CT molecular complexity index is 739. The van der Waals surface area contributed by atoms with E-state index in [2.05, 4.69) is 4.98 Å². The molecule has 5 nitrogen and oxygen atoms in total. The Labute approximate surface area is 119 Å². The van der Waals surface area contributed by atoms with Gasteiger partial charge < -0.3 is 5.73 Å². The maximum atomic E-state index is 12.3. The van der Waals surface area contributed by atoms with Gasteiger partial charge in [-0.3, -0.25) is 14.3 Å². The summed E-state index contributed by atoms with van der Waals surface area (Å²) in [6.07, 6.45) is 0.338. The van der Waals surface area contributed by atoms with Crippen molar-refractivity contribution in [3.8, 4) is 0 Å². The molecule has 0 aromatic carbocycles. The first-order valence-electron chi connectivity index (χ1n) is 5.95. The van der Waals surface area contributed by atoms with Crippen LogP contribution in [0.3, 0.4) is 0 Å². The molecule has 0 aliphatic rings. The zero-order valence-corrected chi connectivity index (χ0v) is 12.4. The van der Waals surface area contributed by atoms with Crippen LogP contribution in [0.2, 0.25) is 0 Å². The Morgan fingerprint density at radius 2 is 2.21 bits per heavy atom. The lowest BCUT2D eigenvalue weighted by atomic mass is 10.2. The topological polar surface area (TPSA) is 80.9 Å². The highest BCUT2D eigenvalue weighted by Crippen LogP contribution is 2.26. The smallest absolute Gasteiger partial charge is 0.329 e. The number of nitrogens with zero attached hydrogens (tertiary/aromatic N) is 1. The molecule has 0 spiro atoms. The minimum atomic E-state index is -0.411. The lowest BCUT2D eigenvalue weighted by Gasteiger charge is -2.03. The van der Waals surface area contributed by atoms with Gasteiger partial charge in [0.05, 0.1) is 10.4 Å². The summed E-state index contributed by atoms with van der Waals surface area (Å²) in [6.45, 7) is 4.31. The molecular weight excluding hydrogens is 282 g/mol. The monoisotopic (exact) mass is 297 g/mol. The molecule has 0 aliphatic heterocycles. The molecule has 102 valence electrons. The van der Waals surface area contributed by atoms with Gasteiger partial charge in [-0.25, -0.2) is 4.79 Å². The molecule has 2 aromatic rings. The summed E-state index contributed by atoms with van der Waals surface area (Å²) in [5.41, 5.74) is 4.71. The average molecular weight is 297 g/mol. The van der Waals surface area contributed by atoms with E-state index in [1.165, 1.54) is 11.3 Å². The summed E-state index contributed by atoms with van der Waals surface area (Å²) < 4.78 is 1.15. The fourth-order valence-corrected chi connectivity index (χ4v) is 2.91. The second kappa shape index (κ2) is 5.26. The molecule has 0 saturated carbocycles. The highest BCUT2D eigenvalue weighted by molar-refractivity contribution is 7.80. The third kappa shape index (κ3) is 2.76. The minimum Gasteiger partial charge on any atom is -0.393 e. The van der Waals surface area contributed by atoms with Gasteiger partial charge in [0.1, 0.15) is 4.83 Å². The van der Waals surface area contributed by atoms with Crippen LogP contribution in [0.15, 0.2) is 15.7 Å². The normalized spacial score (nSPS) is 11.3. The maximum Gasteiger partial charge on any atom is 0.329 e. The summed E-state index contributed by atoms with van der Waals surface area (Å²) in [5, 5.41) is 0.552. The minimum absolute atomic E-state index is 0.215. The first kappa shape index (κ1) is 14.0. The summed E-state index contributed by atoms with van der Waals surface area (Å²) in [7, 11) is 0. The number of thiophene rings is 1. The Balaban J connectivity index is 2.58. The van der Waals surface area contributed by atoms with E-state index in [0.717, 1.165) is 9.44 Å². The number of fused-ring (bicyclic) bond motifs is 1. The summed E-state index contributed by atoms with van der Waals surface area (Å²) >= 11 is 6.22. The van der Waals surface area contributed by atoms with E-state index in [-0.39, 0.29) is 12.1 Å². The fourth-order valence-electron chi connectivity index (χ4n) is 1.77. The third-order valence-corrected chi connectivity index (χ3v) is 4.40. The maximum absolute atomic E-state index is 12.3. The molecule has 0 radical (unpaired) electrons. The Morgan fingerprint density at radius 3 is 2.79 bits per heavy atom. The molecule has 0 aliphatic carbocycles. The van der Waals surface area contributed by atoms with Crippen molar-refractivity contribution in [1.82, 2.24) is 9.55 Å². The standard InChI is InChI=1S/C12H15N3O2S2/c1-6(2)8-5-7-10(19-8)14-12(17)15(11(7)16)4-3-9(13)18/h5-6H,3-4H2,1-2H3,(H2,13,18)(H,14,17). The summed E-state index contributed by atoms with van der Waals surface area (Å²) in [5.74, 6) is 0.324. The number of hydrogen-bond acceptors (Lipinski definition) is 4. The number of rotatable bonds is 4. The van der Waals surface area contributed by atoms with Crippen LogP contribution in [0.5, 0.6) is 0 Å². The summed E-state index contributed by atoms with van der Waals surface area (Å²) in [6, 6.07) is 1.85. The molecule has 2 aromatic heterocycles. The first-order chi connectivity index (χ1) is 8.90. The van der Waals surface area contributed by atoms with Gasteiger partial charge in [0.2, 0.25) is 0 Å². The van der Waals surface area contributed by atoms with Crippen molar-refractivity contribution >= 4 is 38.8 Å². The number of aromatic nitrogens is 2. The molecule has 0 amide bonds. The van der Waals surface area contributed by atoms with Crippen LogP contribution < -0.4 is 17.0 Å². The molecule has 0 fully saturated rings. The predicted molar refractivity (Wildman–Crippen MR) is 82.2 cm³/mol. The molecule has 2 heterocycles. The van der Waals surface area contributed by atoms with Gasteiger partial charge >= 0.3 is 5.69 Å². The van der Waals surface area contributed by atoms with Gasteiger partial charge in [0.15, 0.2) is 0 Å². The lowest BCUT2D eigenvalue weighted by Crippen LogP contribution is -2.35. The van der Waals surface area contributed by atoms with Gasteiger partial charge in [-0.05, 0) is 12.0 Å². The number of nitrogens with one attached hydrogen (secondary N) is 1. The molecule has 0 bridgehead atoms. The van der Waals surface area contributed by atoms with Crippen LogP contribution in [0.25, 0.3) is 10.2 Å². The second-order valence-corrected chi connectivity index (χ2v) is 6.26. The van der Waals surface area contributed by atoms with Crippen molar-refractivity contribution in [3.63, 3.8) is 0 Å². The van der Waals surface area contributed by atoms with Crippen molar-refractivity contribution < 1.29 is 0 Å². The Hall–Kier alpha value is -1.47. The third-order valence-electron chi connectivity index (χ3n) is 2.84. The van der Waals surface area contributed by atoms with Crippen LogP contribution in [0.4, 0.5) is 0 Å². The van der Waals surface area contributed by atoms with Crippen LogP contribution in [0, 0.1) is 0 Å². The van der Waals surface area contributed by atoms with E-state index >= 15 is 0 Å². The molecular formula is C12H15N3O2S2. The van der Waals surface area contributed by atoms with Crippen molar-refractivity contribution in [2.75, 3.05) is 0 Å². The fraction of sp³-hybridized carbons (Fsp3) is 0.417. The Morgan fingerprint density at radius 1 is 1.53 bits per heavy atom. The number of nitrogens with two attached hydrogens (primary N) is 1. The van der Waals surface area contributed by atoms with E-state index < -0.39 is 5.69 Å². The average Bonchev–Trinajstić information content (AvgIpc) is 2.72. The van der Waals surface area contributed by atoms with E-state index in [1.807, 2.05) is 19.9 Å². The van der Waals surface area contributed by atoms with Gasteiger partial charge in [-0.2, -0.15) is 0 Å².